The zero-order chi connectivity index (χ0) is 16.8. The van der Waals surface area contributed by atoms with Gasteiger partial charge >= 0.3 is 5.97 Å². The molecule has 0 spiro atoms. The van der Waals surface area contributed by atoms with Gasteiger partial charge in [0.1, 0.15) is 0 Å². The molecule has 0 aromatic heterocycles. The summed E-state index contributed by atoms with van der Waals surface area (Å²) in [6.45, 7) is 3.33. The van der Waals surface area contributed by atoms with Crippen LogP contribution in [0.1, 0.15) is 25.3 Å². The van der Waals surface area contributed by atoms with Gasteiger partial charge in [-0.25, -0.2) is 0 Å². The lowest BCUT2D eigenvalue weighted by atomic mass is 9.97. The maximum Gasteiger partial charge on any atom is 0.306 e. The van der Waals surface area contributed by atoms with E-state index < -0.39 is 12.1 Å². The summed E-state index contributed by atoms with van der Waals surface area (Å²) in [4.78, 5) is 24.9. The van der Waals surface area contributed by atoms with E-state index in [0.717, 1.165) is 12.0 Å². The molecule has 0 aliphatic carbocycles. The zero-order valence-corrected chi connectivity index (χ0v) is 14.0. The molecule has 1 aromatic carbocycles. The van der Waals surface area contributed by atoms with Crippen LogP contribution < -0.4 is 0 Å². The van der Waals surface area contributed by atoms with Gasteiger partial charge in [0, 0.05) is 24.5 Å². The number of carbonyl (C=O) groups excluding carboxylic acids is 1. The maximum absolute atomic E-state index is 12.4. The van der Waals surface area contributed by atoms with Crippen molar-refractivity contribution in [1.82, 2.24) is 4.90 Å². The van der Waals surface area contributed by atoms with Crippen molar-refractivity contribution in [2.24, 2.45) is 5.92 Å². The number of hydrogen-bond donors (Lipinski definition) is 1. The van der Waals surface area contributed by atoms with Gasteiger partial charge in [0.05, 0.1) is 19.1 Å². The summed E-state index contributed by atoms with van der Waals surface area (Å²) in [5.41, 5.74) is 1.15. The third kappa shape index (κ3) is 5.84. The zero-order valence-electron chi connectivity index (χ0n) is 13.2. The third-order valence-electron chi connectivity index (χ3n) is 3.91. The lowest BCUT2D eigenvalue weighted by Gasteiger charge is -2.33. The number of benzene rings is 1. The van der Waals surface area contributed by atoms with Gasteiger partial charge in [0.15, 0.2) is 0 Å². The molecule has 0 radical (unpaired) electrons. The average Bonchev–Trinajstić information content (AvgIpc) is 2.49. The van der Waals surface area contributed by atoms with E-state index in [0.29, 0.717) is 31.1 Å². The molecule has 1 fully saturated rings. The Hall–Kier alpha value is -1.59. The molecule has 2 unspecified atom stereocenters. The van der Waals surface area contributed by atoms with Crippen LogP contribution in [0.15, 0.2) is 24.3 Å². The first-order valence-corrected chi connectivity index (χ1v) is 8.17. The number of hydrogen-bond acceptors (Lipinski definition) is 3. The second kappa shape index (κ2) is 8.31. The summed E-state index contributed by atoms with van der Waals surface area (Å²) in [5.74, 6) is -0.630. The summed E-state index contributed by atoms with van der Waals surface area (Å²) in [6, 6.07) is 7.65. The number of morpholine rings is 1. The highest BCUT2D eigenvalue weighted by molar-refractivity contribution is 6.30. The van der Waals surface area contributed by atoms with E-state index in [4.69, 9.17) is 21.4 Å². The van der Waals surface area contributed by atoms with Crippen LogP contribution in [0.5, 0.6) is 0 Å². The molecular weight excluding hydrogens is 318 g/mol. The van der Waals surface area contributed by atoms with Crippen molar-refractivity contribution in [3.05, 3.63) is 34.9 Å². The predicted molar refractivity (Wildman–Crippen MR) is 87.5 cm³/mol. The Balaban J connectivity index is 1.82. The first-order chi connectivity index (χ1) is 10.9. The standard InChI is InChI=1S/C17H22ClNO4/c1-12(8-13-2-4-14(18)5-3-13)9-16(20)19-6-7-23-15(11-19)10-17(21)22/h2-5,12,15H,6-11H2,1H3,(H,21,22). The van der Waals surface area contributed by atoms with Crippen molar-refractivity contribution >= 4 is 23.5 Å². The number of aliphatic carboxylic acids is 1. The van der Waals surface area contributed by atoms with Crippen molar-refractivity contribution in [2.45, 2.75) is 32.3 Å². The molecule has 1 amide bonds. The van der Waals surface area contributed by atoms with Crippen LogP contribution in [0, 0.1) is 5.92 Å². The second-order valence-corrected chi connectivity index (χ2v) is 6.51. The van der Waals surface area contributed by atoms with Gasteiger partial charge in [0.2, 0.25) is 5.91 Å². The van der Waals surface area contributed by atoms with Crippen molar-refractivity contribution in [2.75, 3.05) is 19.7 Å². The van der Waals surface area contributed by atoms with Crippen molar-refractivity contribution in [3.63, 3.8) is 0 Å². The largest absolute Gasteiger partial charge is 0.481 e. The van der Waals surface area contributed by atoms with Gasteiger partial charge in [-0.1, -0.05) is 30.7 Å². The molecule has 1 saturated heterocycles. The second-order valence-electron chi connectivity index (χ2n) is 6.07. The Bertz CT molecular complexity index is 546. The van der Waals surface area contributed by atoms with Crippen LogP contribution >= 0.6 is 11.6 Å². The summed E-state index contributed by atoms with van der Waals surface area (Å²) in [5, 5.41) is 9.53. The molecule has 1 aliphatic rings. The smallest absolute Gasteiger partial charge is 0.306 e. The number of nitrogens with zero attached hydrogens (tertiary/aromatic N) is 1. The van der Waals surface area contributed by atoms with Gasteiger partial charge < -0.3 is 14.7 Å². The van der Waals surface area contributed by atoms with E-state index in [2.05, 4.69) is 0 Å². The molecular formula is C17H22ClNO4. The number of carboxylic acid groups (broad SMARTS) is 1. The highest BCUT2D eigenvalue weighted by Crippen LogP contribution is 2.17. The molecule has 126 valence electrons. The molecule has 6 heteroatoms. The Morgan fingerprint density at radius 1 is 1.39 bits per heavy atom. The Labute approximate surface area is 141 Å². The molecule has 2 atom stereocenters. The summed E-state index contributed by atoms with van der Waals surface area (Å²) >= 11 is 5.87. The SMILES string of the molecule is CC(CC(=O)N1CCOC(CC(=O)O)C1)Cc1ccc(Cl)cc1. The van der Waals surface area contributed by atoms with E-state index in [1.165, 1.54) is 0 Å². The van der Waals surface area contributed by atoms with E-state index in [-0.39, 0.29) is 18.2 Å². The molecule has 0 bridgehead atoms. The molecule has 23 heavy (non-hydrogen) atoms. The average molecular weight is 340 g/mol. The summed E-state index contributed by atoms with van der Waals surface area (Å²) < 4.78 is 5.39. The van der Waals surface area contributed by atoms with Gasteiger partial charge in [-0.3, -0.25) is 9.59 Å². The van der Waals surface area contributed by atoms with Crippen LogP contribution in [0.2, 0.25) is 5.02 Å². The van der Waals surface area contributed by atoms with Gasteiger partial charge in [0.25, 0.3) is 0 Å². The van der Waals surface area contributed by atoms with Gasteiger partial charge in [-0.2, -0.15) is 0 Å². The molecule has 1 aromatic rings. The van der Waals surface area contributed by atoms with Crippen LogP contribution in [-0.2, 0) is 20.7 Å². The predicted octanol–water partition coefficient (Wildman–Crippen LogP) is 2.61. The monoisotopic (exact) mass is 339 g/mol. The lowest BCUT2D eigenvalue weighted by Crippen LogP contribution is -2.46. The van der Waals surface area contributed by atoms with Crippen molar-refractivity contribution in [3.8, 4) is 0 Å². The highest BCUT2D eigenvalue weighted by atomic mass is 35.5. The molecule has 1 N–H and O–H groups in total. The van der Waals surface area contributed by atoms with Gasteiger partial charge in [-0.05, 0) is 30.0 Å². The lowest BCUT2D eigenvalue weighted by molar-refractivity contribution is -0.148. The number of rotatable bonds is 6. The Morgan fingerprint density at radius 2 is 2.09 bits per heavy atom. The topological polar surface area (TPSA) is 66.8 Å². The fourth-order valence-corrected chi connectivity index (χ4v) is 2.91. The first kappa shape index (κ1) is 17.8. The Morgan fingerprint density at radius 3 is 2.74 bits per heavy atom. The fourth-order valence-electron chi connectivity index (χ4n) is 2.79. The fraction of sp³-hybridized carbons (Fsp3) is 0.529. The molecule has 1 aliphatic heterocycles. The van der Waals surface area contributed by atoms with Crippen LogP contribution in [0.3, 0.4) is 0 Å². The number of halogens is 1. The van der Waals surface area contributed by atoms with Crippen LogP contribution in [-0.4, -0.2) is 47.7 Å². The summed E-state index contributed by atoms with van der Waals surface area (Å²) in [6.07, 6.45) is 0.787. The van der Waals surface area contributed by atoms with Crippen LogP contribution in [0.25, 0.3) is 0 Å². The maximum atomic E-state index is 12.4. The Kier molecular flexibility index (Phi) is 6.42. The first-order valence-electron chi connectivity index (χ1n) is 7.79. The number of amides is 1. The molecule has 2 rings (SSSR count). The highest BCUT2D eigenvalue weighted by Gasteiger charge is 2.26. The quantitative estimate of drug-likeness (QED) is 0.865. The van der Waals surface area contributed by atoms with Crippen molar-refractivity contribution in [1.29, 1.82) is 0 Å². The van der Waals surface area contributed by atoms with E-state index in [1.807, 2.05) is 31.2 Å². The normalized spacial score (nSPS) is 19.4. The van der Waals surface area contributed by atoms with E-state index in [1.54, 1.807) is 4.90 Å². The third-order valence-corrected chi connectivity index (χ3v) is 4.17. The minimum absolute atomic E-state index is 0.0603. The number of carboxylic acids is 1. The van der Waals surface area contributed by atoms with Crippen molar-refractivity contribution < 1.29 is 19.4 Å². The summed E-state index contributed by atoms with van der Waals surface area (Å²) in [7, 11) is 0. The molecule has 5 nitrogen and oxygen atoms in total. The van der Waals surface area contributed by atoms with E-state index in [9.17, 15) is 9.59 Å². The van der Waals surface area contributed by atoms with E-state index >= 15 is 0 Å². The number of carbonyl (C=O) groups is 2. The van der Waals surface area contributed by atoms with Crippen LogP contribution in [0.4, 0.5) is 0 Å². The molecule has 0 saturated carbocycles. The number of ether oxygens (including phenoxy) is 1. The minimum atomic E-state index is -0.902. The minimum Gasteiger partial charge on any atom is -0.481 e. The van der Waals surface area contributed by atoms with Gasteiger partial charge in [-0.15, -0.1) is 0 Å². The molecule has 1 heterocycles.